The average molecular weight is 331 g/mol. The van der Waals surface area contributed by atoms with Crippen LogP contribution in [0.2, 0.25) is 0 Å². The van der Waals surface area contributed by atoms with Gasteiger partial charge >= 0.3 is 0 Å². The van der Waals surface area contributed by atoms with Crippen LogP contribution in [0.4, 0.5) is 0 Å². The summed E-state index contributed by atoms with van der Waals surface area (Å²) >= 11 is 0. The SMILES string of the molecule is Cc1cn2c(n1)CC[C@@H](NS(=O)(=O)c1c[nH]c3ncccc13)C2. The number of H-pyrrole nitrogens is 1. The predicted octanol–water partition coefficient (Wildman–Crippen LogP) is 1.36. The number of imidazole rings is 1. The molecule has 0 saturated heterocycles. The van der Waals surface area contributed by atoms with Crippen molar-refractivity contribution < 1.29 is 8.42 Å². The normalized spacial score (nSPS) is 18.2. The van der Waals surface area contributed by atoms with Crippen molar-refractivity contribution in [3.63, 3.8) is 0 Å². The van der Waals surface area contributed by atoms with Gasteiger partial charge < -0.3 is 9.55 Å². The summed E-state index contributed by atoms with van der Waals surface area (Å²) < 4.78 is 30.3. The molecular formula is C15H17N5O2S. The molecule has 0 radical (unpaired) electrons. The summed E-state index contributed by atoms with van der Waals surface area (Å²) in [5.74, 6) is 1.02. The monoisotopic (exact) mass is 331 g/mol. The quantitative estimate of drug-likeness (QED) is 0.758. The fourth-order valence-corrected chi connectivity index (χ4v) is 4.55. The fraction of sp³-hybridized carbons (Fsp3) is 0.333. The van der Waals surface area contributed by atoms with Gasteiger partial charge in [0.1, 0.15) is 16.4 Å². The molecule has 3 aromatic heterocycles. The Morgan fingerprint density at radius 3 is 3.17 bits per heavy atom. The maximum atomic E-state index is 12.7. The lowest BCUT2D eigenvalue weighted by molar-refractivity contribution is 0.421. The molecule has 0 unspecified atom stereocenters. The van der Waals surface area contributed by atoms with Gasteiger partial charge in [0.05, 0.1) is 5.69 Å². The molecule has 0 spiro atoms. The van der Waals surface area contributed by atoms with Gasteiger partial charge in [0.2, 0.25) is 10.0 Å². The largest absolute Gasteiger partial charge is 0.345 e. The third-order valence-corrected chi connectivity index (χ3v) is 5.70. The van der Waals surface area contributed by atoms with E-state index in [2.05, 4.69) is 19.7 Å². The van der Waals surface area contributed by atoms with Crippen LogP contribution in [0.1, 0.15) is 17.9 Å². The summed E-state index contributed by atoms with van der Waals surface area (Å²) in [7, 11) is -3.59. The molecule has 0 aliphatic carbocycles. The van der Waals surface area contributed by atoms with Crippen LogP contribution in [0, 0.1) is 6.92 Å². The molecule has 2 N–H and O–H groups in total. The van der Waals surface area contributed by atoms with Crippen LogP contribution in [-0.4, -0.2) is 34.0 Å². The van der Waals surface area contributed by atoms with Crippen LogP contribution >= 0.6 is 0 Å². The fourth-order valence-electron chi connectivity index (χ4n) is 3.12. The second-order valence-corrected chi connectivity index (χ2v) is 7.54. The molecule has 0 fully saturated rings. The lowest BCUT2D eigenvalue weighted by Crippen LogP contribution is -2.40. The zero-order chi connectivity index (χ0) is 16.0. The number of hydrogen-bond acceptors (Lipinski definition) is 4. The number of aryl methyl sites for hydroxylation is 2. The van der Waals surface area contributed by atoms with E-state index in [4.69, 9.17) is 0 Å². The van der Waals surface area contributed by atoms with E-state index < -0.39 is 10.0 Å². The van der Waals surface area contributed by atoms with E-state index in [1.807, 2.05) is 17.7 Å². The van der Waals surface area contributed by atoms with Crippen molar-refractivity contribution in [3.05, 3.63) is 42.2 Å². The van der Waals surface area contributed by atoms with E-state index in [-0.39, 0.29) is 10.9 Å². The first-order chi connectivity index (χ1) is 11.0. The van der Waals surface area contributed by atoms with Gasteiger partial charge in [-0.3, -0.25) is 0 Å². The first-order valence-corrected chi connectivity index (χ1v) is 8.98. The Morgan fingerprint density at radius 1 is 1.43 bits per heavy atom. The molecule has 0 bridgehead atoms. The first-order valence-electron chi connectivity index (χ1n) is 7.50. The molecule has 0 saturated carbocycles. The van der Waals surface area contributed by atoms with Gasteiger partial charge in [0.15, 0.2) is 0 Å². The summed E-state index contributed by atoms with van der Waals surface area (Å²) in [6, 6.07) is 3.35. The number of nitrogens with one attached hydrogen (secondary N) is 2. The van der Waals surface area contributed by atoms with E-state index in [9.17, 15) is 8.42 Å². The average Bonchev–Trinajstić information content (AvgIpc) is 3.09. The van der Waals surface area contributed by atoms with Gasteiger partial charge in [-0.1, -0.05) is 0 Å². The van der Waals surface area contributed by atoms with E-state index >= 15 is 0 Å². The maximum Gasteiger partial charge on any atom is 0.243 e. The van der Waals surface area contributed by atoms with Crippen molar-refractivity contribution in [2.24, 2.45) is 0 Å². The van der Waals surface area contributed by atoms with Crippen molar-refractivity contribution in [2.75, 3.05) is 0 Å². The number of aromatic nitrogens is 4. The van der Waals surface area contributed by atoms with Crippen LogP contribution in [0.15, 0.2) is 35.6 Å². The summed E-state index contributed by atoms with van der Waals surface area (Å²) in [5.41, 5.74) is 1.54. The standard InChI is InChI=1S/C15H17N5O2S/c1-10-8-20-9-11(4-5-14(20)18-10)19-23(21,22)13-7-17-15-12(13)3-2-6-16-15/h2-3,6-8,11,19H,4-5,9H2,1H3,(H,16,17)/t11-/m1/s1. The molecule has 4 rings (SSSR count). The summed E-state index contributed by atoms with van der Waals surface area (Å²) in [5, 5.41) is 0.606. The van der Waals surface area contributed by atoms with Gasteiger partial charge in [-0.05, 0) is 25.5 Å². The number of fused-ring (bicyclic) bond motifs is 2. The van der Waals surface area contributed by atoms with Crippen LogP contribution in [0.5, 0.6) is 0 Å². The molecule has 1 atom stereocenters. The van der Waals surface area contributed by atoms with Crippen molar-refractivity contribution in [1.29, 1.82) is 0 Å². The lowest BCUT2D eigenvalue weighted by atomic mass is 10.1. The second-order valence-electron chi connectivity index (χ2n) is 5.86. The smallest absolute Gasteiger partial charge is 0.243 e. The second kappa shape index (κ2) is 5.17. The third kappa shape index (κ3) is 2.53. The maximum absolute atomic E-state index is 12.7. The highest BCUT2D eigenvalue weighted by atomic mass is 32.2. The summed E-state index contributed by atoms with van der Waals surface area (Å²) in [6.45, 7) is 2.56. The summed E-state index contributed by atoms with van der Waals surface area (Å²) in [6.07, 6.45) is 6.61. The van der Waals surface area contributed by atoms with Gasteiger partial charge in [-0.25, -0.2) is 23.1 Å². The Bertz CT molecular complexity index is 973. The zero-order valence-electron chi connectivity index (χ0n) is 12.7. The number of rotatable bonds is 3. The topological polar surface area (TPSA) is 92.7 Å². The Kier molecular flexibility index (Phi) is 3.24. The molecule has 0 amide bonds. The zero-order valence-corrected chi connectivity index (χ0v) is 13.5. The number of pyridine rings is 1. The molecule has 4 heterocycles. The van der Waals surface area contributed by atoms with Gasteiger partial charge in [-0.15, -0.1) is 0 Å². The molecule has 7 nitrogen and oxygen atoms in total. The van der Waals surface area contributed by atoms with Crippen LogP contribution < -0.4 is 4.72 Å². The Hall–Kier alpha value is -2.19. The summed E-state index contributed by atoms with van der Waals surface area (Å²) in [4.78, 5) is 11.7. The number of sulfonamides is 1. The van der Waals surface area contributed by atoms with E-state index in [1.54, 1.807) is 18.3 Å². The highest BCUT2D eigenvalue weighted by Gasteiger charge is 2.26. The lowest BCUT2D eigenvalue weighted by Gasteiger charge is -2.24. The Morgan fingerprint density at radius 2 is 2.30 bits per heavy atom. The predicted molar refractivity (Wildman–Crippen MR) is 85.5 cm³/mol. The molecule has 120 valence electrons. The van der Waals surface area contributed by atoms with Crippen molar-refractivity contribution >= 4 is 21.1 Å². The highest BCUT2D eigenvalue weighted by Crippen LogP contribution is 2.22. The first kappa shape index (κ1) is 14.4. The minimum atomic E-state index is -3.59. The van der Waals surface area contributed by atoms with Crippen LogP contribution in [0.3, 0.4) is 0 Å². The van der Waals surface area contributed by atoms with Gasteiger partial charge in [-0.2, -0.15) is 0 Å². The molecule has 23 heavy (non-hydrogen) atoms. The minimum absolute atomic E-state index is 0.136. The number of aromatic amines is 1. The Balaban J connectivity index is 1.61. The number of hydrogen-bond donors (Lipinski definition) is 2. The van der Waals surface area contributed by atoms with Crippen LogP contribution in [-0.2, 0) is 23.0 Å². The van der Waals surface area contributed by atoms with Gasteiger partial charge in [0.25, 0.3) is 0 Å². The molecule has 1 aliphatic heterocycles. The highest BCUT2D eigenvalue weighted by molar-refractivity contribution is 7.89. The molecule has 1 aliphatic rings. The Labute approximate surface area is 133 Å². The molecule has 8 heteroatoms. The van der Waals surface area contributed by atoms with Crippen LogP contribution in [0.25, 0.3) is 11.0 Å². The molecule has 0 aromatic carbocycles. The third-order valence-electron chi connectivity index (χ3n) is 4.14. The van der Waals surface area contributed by atoms with Gasteiger partial charge in [0, 0.05) is 43.0 Å². The van der Waals surface area contributed by atoms with Crippen molar-refractivity contribution in [2.45, 2.75) is 37.2 Å². The van der Waals surface area contributed by atoms with E-state index in [0.717, 1.165) is 24.4 Å². The number of nitrogens with zero attached hydrogens (tertiary/aromatic N) is 3. The molecule has 3 aromatic rings. The minimum Gasteiger partial charge on any atom is -0.345 e. The van der Waals surface area contributed by atoms with E-state index in [1.165, 1.54) is 6.20 Å². The van der Waals surface area contributed by atoms with Crippen molar-refractivity contribution in [1.82, 2.24) is 24.2 Å². The molecular weight excluding hydrogens is 314 g/mol. The van der Waals surface area contributed by atoms with Crippen molar-refractivity contribution in [3.8, 4) is 0 Å². The van der Waals surface area contributed by atoms with E-state index in [0.29, 0.717) is 17.6 Å².